The van der Waals surface area contributed by atoms with E-state index in [0.717, 1.165) is 25.9 Å². The van der Waals surface area contributed by atoms with Gasteiger partial charge in [-0.1, -0.05) is 19.1 Å². The highest BCUT2D eigenvalue weighted by molar-refractivity contribution is 5.41. The van der Waals surface area contributed by atoms with Gasteiger partial charge < -0.3 is 10.4 Å². The Kier molecular flexibility index (Phi) is 3.27. The highest BCUT2D eigenvalue weighted by Gasteiger charge is 2.20. The third kappa shape index (κ3) is 2.32. The summed E-state index contributed by atoms with van der Waals surface area (Å²) in [4.78, 5) is 0. The summed E-state index contributed by atoms with van der Waals surface area (Å²) in [6, 6.07) is 5.88. The molecule has 0 heterocycles. The van der Waals surface area contributed by atoms with E-state index in [1.807, 2.05) is 6.07 Å². The van der Waals surface area contributed by atoms with Crippen molar-refractivity contribution in [3.8, 4) is 5.75 Å². The number of rotatable bonds is 3. The van der Waals surface area contributed by atoms with Crippen molar-refractivity contribution in [3.63, 3.8) is 0 Å². The minimum absolute atomic E-state index is 0.480. The molecule has 2 nitrogen and oxygen atoms in total. The third-order valence-electron chi connectivity index (χ3n) is 3.25. The van der Waals surface area contributed by atoms with Crippen LogP contribution < -0.4 is 5.32 Å². The monoisotopic (exact) mass is 205 g/mol. The number of aryl methyl sites for hydroxylation is 1. The van der Waals surface area contributed by atoms with Crippen molar-refractivity contribution in [2.75, 3.05) is 13.1 Å². The molecule has 0 bridgehead atoms. The molecule has 1 atom stereocenters. The lowest BCUT2D eigenvalue weighted by molar-refractivity contribution is 0.407. The lowest BCUT2D eigenvalue weighted by atomic mass is 9.83. The Bertz CT molecular complexity index is 335. The van der Waals surface area contributed by atoms with Crippen LogP contribution in [0.15, 0.2) is 18.2 Å². The van der Waals surface area contributed by atoms with Crippen LogP contribution in [0.2, 0.25) is 0 Å². The fourth-order valence-electron chi connectivity index (χ4n) is 2.36. The van der Waals surface area contributed by atoms with Gasteiger partial charge in [0.15, 0.2) is 0 Å². The van der Waals surface area contributed by atoms with Crippen LogP contribution in [0, 0.1) is 5.92 Å². The molecule has 0 radical (unpaired) electrons. The minimum Gasteiger partial charge on any atom is -0.508 e. The third-order valence-corrected chi connectivity index (χ3v) is 3.25. The lowest BCUT2D eigenvalue weighted by Crippen LogP contribution is -2.27. The molecule has 0 aliphatic heterocycles. The van der Waals surface area contributed by atoms with E-state index in [1.54, 1.807) is 6.07 Å². The molecule has 0 amide bonds. The van der Waals surface area contributed by atoms with Gasteiger partial charge in [0.25, 0.3) is 0 Å². The number of phenolic OH excluding ortho intramolecular Hbond substituents is 1. The van der Waals surface area contributed by atoms with E-state index in [-0.39, 0.29) is 0 Å². The van der Waals surface area contributed by atoms with Crippen LogP contribution in [0.3, 0.4) is 0 Å². The molecule has 1 aliphatic rings. The molecule has 0 saturated heterocycles. The number of phenols is 1. The van der Waals surface area contributed by atoms with Gasteiger partial charge in [-0.3, -0.25) is 0 Å². The summed E-state index contributed by atoms with van der Waals surface area (Å²) in [5.41, 5.74) is 2.51. The highest BCUT2D eigenvalue weighted by Crippen LogP contribution is 2.31. The summed E-state index contributed by atoms with van der Waals surface area (Å²) in [6.45, 7) is 4.24. The van der Waals surface area contributed by atoms with Crippen molar-refractivity contribution in [1.29, 1.82) is 0 Å². The predicted molar refractivity (Wildman–Crippen MR) is 62.2 cm³/mol. The van der Waals surface area contributed by atoms with Crippen molar-refractivity contribution < 1.29 is 5.11 Å². The average molecular weight is 205 g/mol. The molecule has 1 aliphatic carbocycles. The molecule has 2 rings (SSSR count). The summed E-state index contributed by atoms with van der Waals surface area (Å²) in [5.74, 6) is 1.17. The molecule has 1 aromatic carbocycles. The molecule has 2 N–H and O–H groups in total. The van der Waals surface area contributed by atoms with Crippen LogP contribution in [0.4, 0.5) is 0 Å². The Balaban J connectivity index is 2.08. The molecule has 15 heavy (non-hydrogen) atoms. The molecule has 0 aromatic heterocycles. The van der Waals surface area contributed by atoms with E-state index in [9.17, 15) is 5.11 Å². The maximum Gasteiger partial charge on any atom is 0.119 e. The first-order chi connectivity index (χ1) is 7.31. The van der Waals surface area contributed by atoms with Gasteiger partial charge in [0, 0.05) is 0 Å². The Labute approximate surface area is 91.3 Å². The summed E-state index contributed by atoms with van der Waals surface area (Å²) in [5, 5.41) is 13.2. The molecular formula is C13H19NO. The van der Waals surface area contributed by atoms with Crippen LogP contribution in [0.5, 0.6) is 5.75 Å². The Morgan fingerprint density at radius 1 is 1.47 bits per heavy atom. The molecule has 0 fully saturated rings. The second kappa shape index (κ2) is 4.67. The molecule has 1 unspecified atom stereocenters. The van der Waals surface area contributed by atoms with Crippen LogP contribution in [0.1, 0.15) is 24.5 Å². The molecular weight excluding hydrogens is 186 g/mol. The number of nitrogens with one attached hydrogen (secondary N) is 1. The topological polar surface area (TPSA) is 32.3 Å². The Morgan fingerprint density at radius 3 is 3.13 bits per heavy atom. The maximum atomic E-state index is 9.78. The van der Waals surface area contributed by atoms with Gasteiger partial charge in [0.1, 0.15) is 5.75 Å². The zero-order valence-electron chi connectivity index (χ0n) is 9.29. The van der Waals surface area contributed by atoms with Crippen molar-refractivity contribution in [2.45, 2.75) is 26.2 Å². The number of fused-ring (bicyclic) bond motifs is 1. The maximum absolute atomic E-state index is 9.78. The predicted octanol–water partition coefficient (Wildman–Crippen LogP) is 2.11. The Morgan fingerprint density at radius 2 is 2.33 bits per heavy atom. The highest BCUT2D eigenvalue weighted by atomic mass is 16.3. The van der Waals surface area contributed by atoms with Crippen molar-refractivity contribution in [3.05, 3.63) is 29.3 Å². The first-order valence-corrected chi connectivity index (χ1v) is 5.81. The number of hydrogen-bond donors (Lipinski definition) is 2. The van der Waals surface area contributed by atoms with Gasteiger partial charge in [0.2, 0.25) is 0 Å². The van der Waals surface area contributed by atoms with E-state index in [2.05, 4.69) is 18.3 Å². The van der Waals surface area contributed by atoms with Gasteiger partial charge >= 0.3 is 0 Å². The van der Waals surface area contributed by atoms with Gasteiger partial charge in [-0.15, -0.1) is 0 Å². The molecule has 1 aromatic rings. The summed E-state index contributed by atoms with van der Waals surface area (Å²) in [7, 11) is 0. The smallest absolute Gasteiger partial charge is 0.119 e. The van der Waals surface area contributed by atoms with Gasteiger partial charge in [0.05, 0.1) is 0 Å². The normalized spacial score (nSPS) is 19.9. The van der Waals surface area contributed by atoms with Crippen molar-refractivity contribution in [2.24, 2.45) is 5.92 Å². The quantitative estimate of drug-likeness (QED) is 0.792. The first-order valence-electron chi connectivity index (χ1n) is 5.81. The van der Waals surface area contributed by atoms with Gasteiger partial charge in [-0.05, 0) is 55.5 Å². The van der Waals surface area contributed by atoms with Crippen LogP contribution in [0.25, 0.3) is 0 Å². The first kappa shape index (κ1) is 10.5. The van der Waals surface area contributed by atoms with E-state index < -0.39 is 0 Å². The van der Waals surface area contributed by atoms with E-state index in [1.165, 1.54) is 17.5 Å². The SMILES string of the molecule is CCNCC1CCc2cccc(O)c2C1. The number of aromatic hydroxyl groups is 1. The van der Waals surface area contributed by atoms with E-state index in [4.69, 9.17) is 0 Å². The second-order valence-electron chi connectivity index (χ2n) is 4.33. The zero-order valence-corrected chi connectivity index (χ0v) is 9.29. The van der Waals surface area contributed by atoms with Crippen LogP contribution in [-0.2, 0) is 12.8 Å². The van der Waals surface area contributed by atoms with Crippen LogP contribution in [-0.4, -0.2) is 18.2 Å². The van der Waals surface area contributed by atoms with E-state index in [0.29, 0.717) is 11.7 Å². The fraction of sp³-hybridized carbons (Fsp3) is 0.538. The lowest BCUT2D eigenvalue weighted by Gasteiger charge is -2.25. The minimum atomic E-state index is 0.480. The Hall–Kier alpha value is -1.02. The molecule has 2 heteroatoms. The van der Waals surface area contributed by atoms with Crippen molar-refractivity contribution >= 4 is 0 Å². The fourth-order valence-corrected chi connectivity index (χ4v) is 2.36. The van der Waals surface area contributed by atoms with E-state index >= 15 is 0 Å². The number of hydrogen-bond acceptors (Lipinski definition) is 2. The molecule has 0 saturated carbocycles. The zero-order chi connectivity index (χ0) is 10.7. The molecule has 82 valence electrons. The number of benzene rings is 1. The van der Waals surface area contributed by atoms with Gasteiger partial charge in [-0.25, -0.2) is 0 Å². The summed E-state index contributed by atoms with van der Waals surface area (Å²) in [6.07, 6.45) is 3.37. The second-order valence-corrected chi connectivity index (χ2v) is 4.33. The standard InChI is InChI=1S/C13H19NO/c1-2-14-9-10-6-7-11-4-3-5-13(15)12(11)8-10/h3-5,10,14-15H,2,6-9H2,1H3. The van der Waals surface area contributed by atoms with Crippen molar-refractivity contribution in [1.82, 2.24) is 5.32 Å². The average Bonchev–Trinajstić information content (AvgIpc) is 2.27. The largest absolute Gasteiger partial charge is 0.508 e. The van der Waals surface area contributed by atoms with Crippen LogP contribution >= 0.6 is 0 Å². The summed E-state index contributed by atoms with van der Waals surface area (Å²) >= 11 is 0. The van der Waals surface area contributed by atoms with Gasteiger partial charge in [-0.2, -0.15) is 0 Å². The summed E-state index contributed by atoms with van der Waals surface area (Å²) < 4.78 is 0. The molecule has 0 spiro atoms.